The Labute approximate surface area is 125 Å². The van der Waals surface area contributed by atoms with E-state index < -0.39 is 14.8 Å². The molecule has 0 N–H and O–H groups in total. The monoisotopic (exact) mass is 324 g/mol. The second kappa shape index (κ2) is 5.74. The third-order valence-corrected chi connectivity index (χ3v) is 5.79. The minimum Gasteiger partial charge on any atom is -0.259 e. The summed E-state index contributed by atoms with van der Waals surface area (Å²) in [5.41, 5.74) is 1.21. The molecular weight excluding hydrogens is 312 g/mol. The highest BCUT2D eigenvalue weighted by molar-refractivity contribution is 7.96. The van der Waals surface area contributed by atoms with Gasteiger partial charge >= 0.3 is 0 Å². The molecule has 0 bridgehead atoms. The summed E-state index contributed by atoms with van der Waals surface area (Å²) < 4.78 is 25.3. The molecule has 0 fully saturated rings. The highest BCUT2D eigenvalue weighted by Crippen LogP contribution is 2.27. The lowest BCUT2D eigenvalue weighted by Crippen LogP contribution is -1.98. The van der Waals surface area contributed by atoms with Gasteiger partial charge in [-0.2, -0.15) is 0 Å². The lowest BCUT2D eigenvalue weighted by atomic mass is 10.2. The van der Waals surface area contributed by atoms with Crippen LogP contribution in [0.1, 0.15) is 13.8 Å². The Balaban J connectivity index is 2.44. The lowest BCUT2D eigenvalue weighted by molar-refractivity contribution is -0.403. The molecule has 8 heteroatoms. The molecule has 1 aromatic heterocycles. The van der Waals surface area contributed by atoms with Gasteiger partial charge in [0, 0.05) is 11.0 Å². The van der Waals surface area contributed by atoms with Crippen molar-refractivity contribution in [2.45, 2.75) is 18.2 Å². The molecule has 0 aliphatic rings. The van der Waals surface area contributed by atoms with Gasteiger partial charge in [0.15, 0.2) is 0 Å². The van der Waals surface area contributed by atoms with Crippen molar-refractivity contribution >= 4 is 31.4 Å². The van der Waals surface area contributed by atoms with Gasteiger partial charge in [-0.05, 0) is 31.6 Å². The summed E-state index contributed by atoms with van der Waals surface area (Å²) in [4.78, 5) is 13.9. The fourth-order valence-corrected chi connectivity index (χ4v) is 4.16. The van der Waals surface area contributed by atoms with Crippen molar-refractivity contribution in [2.24, 2.45) is 0 Å². The molecule has 0 radical (unpaired) electrons. The number of nitrogens with zero attached hydrogens (tertiary/aromatic N) is 2. The maximum atomic E-state index is 12.3. The number of fused-ring (bicyclic) bond motifs is 1. The van der Waals surface area contributed by atoms with Gasteiger partial charge in [-0.15, -0.1) is 11.3 Å². The Hall–Kier alpha value is -2.06. The van der Waals surface area contributed by atoms with E-state index in [0.717, 1.165) is 27.6 Å². The number of aromatic nitrogens is 1. The maximum Gasteiger partial charge on any atom is 0.237 e. The zero-order chi connectivity index (χ0) is 15.6. The molecule has 0 saturated heterocycles. The van der Waals surface area contributed by atoms with Crippen LogP contribution in [0.25, 0.3) is 10.2 Å². The minimum atomic E-state index is -3.72. The topological polar surface area (TPSA) is 90.2 Å². The van der Waals surface area contributed by atoms with Crippen LogP contribution < -0.4 is 0 Å². The van der Waals surface area contributed by atoms with E-state index in [-0.39, 0.29) is 9.91 Å². The van der Waals surface area contributed by atoms with Gasteiger partial charge in [0.05, 0.1) is 15.1 Å². The van der Waals surface area contributed by atoms with Crippen molar-refractivity contribution in [1.29, 1.82) is 0 Å². The molecule has 0 saturated carbocycles. The second-order valence-electron chi connectivity index (χ2n) is 4.39. The van der Waals surface area contributed by atoms with Crippen molar-refractivity contribution < 1.29 is 13.3 Å². The van der Waals surface area contributed by atoms with Crippen LogP contribution >= 0.6 is 11.3 Å². The summed E-state index contributed by atoms with van der Waals surface area (Å²) in [7, 11) is -3.72. The number of hydrogen-bond acceptors (Lipinski definition) is 6. The molecule has 1 aromatic carbocycles. The van der Waals surface area contributed by atoms with Crippen LogP contribution in [-0.4, -0.2) is 18.3 Å². The molecule has 0 aliphatic carbocycles. The summed E-state index contributed by atoms with van der Waals surface area (Å²) in [6, 6.07) is 7.12. The minimum absolute atomic E-state index is 0.0167. The van der Waals surface area contributed by atoms with Crippen LogP contribution in [0, 0.1) is 10.1 Å². The van der Waals surface area contributed by atoms with Gasteiger partial charge in [-0.25, -0.2) is 13.4 Å². The van der Waals surface area contributed by atoms with Crippen LogP contribution in [0.2, 0.25) is 0 Å². The molecule has 0 amide bonds. The van der Waals surface area contributed by atoms with E-state index in [2.05, 4.69) is 4.98 Å². The van der Waals surface area contributed by atoms with Gasteiger partial charge in [-0.3, -0.25) is 10.1 Å². The lowest BCUT2D eigenvalue weighted by Gasteiger charge is -1.98. The normalized spacial score (nSPS) is 13.6. The number of hydrogen-bond donors (Lipinski definition) is 0. The van der Waals surface area contributed by atoms with E-state index in [1.165, 1.54) is 13.8 Å². The Bertz CT molecular complexity index is 830. The molecule has 110 valence electrons. The highest BCUT2D eigenvalue weighted by atomic mass is 32.2. The predicted octanol–water partition coefficient (Wildman–Crippen LogP) is 3.15. The third-order valence-electron chi connectivity index (χ3n) is 2.77. The van der Waals surface area contributed by atoms with Crippen molar-refractivity contribution in [2.75, 3.05) is 0 Å². The first-order chi connectivity index (χ1) is 9.79. The number of nitro groups is 1. The van der Waals surface area contributed by atoms with Crippen LogP contribution in [-0.2, 0) is 9.84 Å². The zero-order valence-electron chi connectivity index (χ0n) is 11.3. The molecule has 21 heavy (non-hydrogen) atoms. The largest absolute Gasteiger partial charge is 0.259 e. The Morgan fingerprint density at radius 2 is 1.95 bits per heavy atom. The average molecular weight is 324 g/mol. The fraction of sp³-hybridized carbons (Fsp3) is 0.154. The summed E-state index contributed by atoms with van der Waals surface area (Å²) in [5, 5.41) is 11.4. The number of allylic oxidation sites excluding steroid dienone is 2. The van der Waals surface area contributed by atoms with Gasteiger partial charge in [0.2, 0.25) is 20.4 Å². The van der Waals surface area contributed by atoms with Crippen molar-refractivity contribution in [3.8, 4) is 0 Å². The standard InChI is InChI=1S/C13H12N2O4S2/c1-9(7-15(16)17)10(2)8-21(18,19)13-14-11-5-3-4-6-12(11)20-13/h3-8H,1-2H3. The first-order valence-corrected chi connectivity index (χ1v) is 8.27. The summed E-state index contributed by atoms with van der Waals surface area (Å²) in [6.07, 6.45) is 0.777. The van der Waals surface area contributed by atoms with Crippen molar-refractivity contribution in [3.63, 3.8) is 0 Å². The number of thiazole rings is 1. The molecule has 2 rings (SSSR count). The SMILES string of the molecule is CC(=C[N+](=O)[O-])C(C)=CS(=O)(=O)c1nc2ccccc2s1. The number of para-hydroxylation sites is 1. The highest BCUT2D eigenvalue weighted by Gasteiger charge is 2.18. The van der Waals surface area contributed by atoms with E-state index in [1.807, 2.05) is 6.07 Å². The summed E-state index contributed by atoms with van der Waals surface area (Å²) in [6.45, 7) is 3.00. The average Bonchev–Trinajstić information content (AvgIpc) is 2.82. The molecule has 0 spiro atoms. The molecule has 2 aromatic rings. The fourth-order valence-electron chi connectivity index (χ4n) is 1.61. The Kier molecular flexibility index (Phi) is 4.19. The van der Waals surface area contributed by atoms with Gasteiger partial charge < -0.3 is 0 Å². The van der Waals surface area contributed by atoms with Gasteiger partial charge in [-0.1, -0.05) is 12.1 Å². The molecule has 0 aliphatic heterocycles. The van der Waals surface area contributed by atoms with Gasteiger partial charge in [0.25, 0.3) is 0 Å². The van der Waals surface area contributed by atoms with Crippen LogP contribution in [0.4, 0.5) is 0 Å². The van der Waals surface area contributed by atoms with Crippen LogP contribution in [0.5, 0.6) is 0 Å². The quantitative estimate of drug-likeness (QED) is 0.489. The molecule has 0 unspecified atom stereocenters. The van der Waals surface area contributed by atoms with Crippen molar-refractivity contribution in [1.82, 2.24) is 4.98 Å². The number of sulfone groups is 1. The van der Waals surface area contributed by atoms with Gasteiger partial charge in [0.1, 0.15) is 0 Å². The van der Waals surface area contributed by atoms with Crippen molar-refractivity contribution in [3.05, 3.63) is 57.1 Å². The molecule has 0 atom stereocenters. The summed E-state index contributed by atoms with van der Waals surface area (Å²) >= 11 is 1.07. The first kappa shape index (κ1) is 15.3. The van der Waals surface area contributed by atoms with E-state index in [1.54, 1.807) is 18.2 Å². The second-order valence-corrected chi connectivity index (χ2v) is 7.39. The number of benzene rings is 1. The van der Waals surface area contributed by atoms with Crippen LogP contribution in [0.15, 0.2) is 51.4 Å². The predicted molar refractivity (Wildman–Crippen MR) is 81.3 cm³/mol. The van der Waals surface area contributed by atoms with Crippen LogP contribution in [0.3, 0.4) is 0 Å². The third kappa shape index (κ3) is 3.53. The Morgan fingerprint density at radius 3 is 2.57 bits per heavy atom. The van der Waals surface area contributed by atoms with E-state index >= 15 is 0 Å². The number of rotatable bonds is 4. The molecule has 6 nitrogen and oxygen atoms in total. The maximum absolute atomic E-state index is 12.3. The first-order valence-electron chi connectivity index (χ1n) is 5.91. The molecule has 1 heterocycles. The van der Waals surface area contributed by atoms with E-state index in [0.29, 0.717) is 11.1 Å². The Morgan fingerprint density at radius 1 is 1.29 bits per heavy atom. The van der Waals surface area contributed by atoms with E-state index in [9.17, 15) is 18.5 Å². The van der Waals surface area contributed by atoms with E-state index in [4.69, 9.17) is 0 Å². The summed E-state index contributed by atoms with van der Waals surface area (Å²) in [5.74, 6) is 0. The molecular formula is C13H12N2O4S2. The zero-order valence-corrected chi connectivity index (χ0v) is 12.9. The smallest absolute Gasteiger partial charge is 0.237 e.